The molecule has 0 saturated heterocycles. The van der Waals surface area contributed by atoms with E-state index >= 15 is 0 Å². The average Bonchev–Trinajstić information content (AvgIpc) is 2.11. The van der Waals surface area contributed by atoms with Gasteiger partial charge in [-0.25, -0.2) is 19.6 Å². The topological polar surface area (TPSA) is 68.3 Å². The van der Waals surface area contributed by atoms with Crippen LogP contribution < -0.4 is 0 Å². The molecule has 0 bridgehead atoms. The molecule has 5 heteroatoms. The Morgan fingerprint density at radius 2 is 1.17 bits per heavy atom. The van der Waals surface area contributed by atoms with Crippen LogP contribution in [0.5, 0.6) is 0 Å². The molecule has 12 heavy (non-hydrogen) atoms. The van der Waals surface area contributed by atoms with Crippen LogP contribution in [-0.2, 0) is 32.1 Å². The molecular formula is C7H5O4Ru-. The molecule has 0 rings (SSSR count). The van der Waals surface area contributed by atoms with Crippen LogP contribution in [0.25, 0.3) is 0 Å². The van der Waals surface area contributed by atoms with Crippen LogP contribution in [0.1, 0.15) is 0 Å². The predicted octanol–water partition coefficient (Wildman–Crippen LogP) is -0.584. The predicted molar refractivity (Wildman–Crippen MR) is 38.3 cm³/mol. The Labute approximate surface area is 70.0 Å². The second-order valence-electron chi connectivity index (χ2n) is 1.11. The van der Waals surface area contributed by atoms with Gasteiger partial charge in [0.1, 0.15) is 0 Å². The van der Waals surface area contributed by atoms with Crippen LogP contribution in [0.15, 0.2) is 12.7 Å². The molecule has 0 unspecified atom stereocenters. The molecule has 0 saturated carbocycles. The summed E-state index contributed by atoms with van der Waals surface area (Å²) >= 11 is -4.22. The van der Waals surface area contributed by atoms with Crippen molar-refractivity contribution < 1.29 is 32.1 Å². The molecule has 0 aliphatic heterocycles. The van der Waals surface area contributed by atoms with Crippen LogP contribution >= 0.6 is 0 Å². The van der Waals surface area contributed by atoms with E-state index in [9.17, 15) is 19.2 Å². The fraction of sp³-hybridized carbons (Fsp3) is 0. The van der Waals surface area contributed by atoms with Gasteiger partial charge in [-0.15, -0.1) is 0 Å². The van der Waals surface area contributed by atoms with Gasteiger partial charge < -0.3 is 0 Å². The zero-order valence-electron chi connectivity index (χ0n) is 5.98. The van der Waals surface area contributed by atoms with E-state index in [-0.39, 0.29) is 0 Å². The third kappa shape index (κ3) is 4.38. The molecule has 0 aromatic heterocycles. The number of allylic oxidation sites excluding steroid dienone is 1. The first-order chi connectivity index (χ1) is 5.66. The first kappa shape index (κ1) is 13.2. The Balaban J connectivity index is 0. The van der Waals surface area contributed by atoms with Crippen molar-refractivity contribution in [3.63, 3.8) is 0 Å². The van der Waals surface area contributed by atoms with E-state index in [0.717, 1.165) is 17.9 Å². The Kier molecular flexibility index (Phi) is 8.40. The molecule has 66 valence electrons. The SMILES string of the molecule is C=C[CH2-].O=[C]=[Ru](=[C]=O)(=[C]=O)=[C]=O. The van der Waals surface area contributed by atoms with E-state index in [1.54, 1.807) is 0 Å². The van der Waals surface area contributed by atoms with Gasteiger partial charge in [0, 0.05) is 0 Å². The molecule has 0 amide bonds. The van der Waals surface area contributed by atoms with Crippen LogP contribution in [0.4, 0.5) is 0 Å². The van der Waals surface area contributed by atoms with Gasteiger partial charge in [-0.05, 0) is 0 Å². The molecule has 0 fully saturated rings. The van der Waals surface area contributed by atoms with Crippen LogP contribution in [-0.4, -0.2) is 17.9 Å². The van der Waals surface area contributed by atoms with Crippen molar-refractivity contribution in [3.05, 3.63) is 19.6 Å². The molecule has 0 spiro atoms. The van der Waals surface area contributed by atoms with Gasteiger partial charge in [-0.1, -0.05) is 0 Å². The van der Waals surface area contributed by atoms with Crippen molar-refractivity contribution in [2.45, 2.75) is 0 Å². The van der Waals surface area contributed by atoms with E-state index in [2.05, 4.69) is 13.5 Å². The number of carbonyl (C=O) groups excluding carboxylic acids is 4. The summed E-state index contributed by atoms with van der Waals surface area (Å²) in [5.74, 6) is 0. The minimum absolute atomic E-state index is 1.01. The summed E-state index contributed by atoms with van der Waals surface area (Å²) in [5, 5.41) is 0. The van der Waals surface area contributed by atoms with Crippen molar-refractivity contribution in [2.24, 2.45) is 0 Å². The monoisotopic (exact) mass is 255 g/mol. The molecule has 0 heterocycles. The third-order valence-electron chi connectivity index (χ3n) is 0.433. The van der Waals surface area contributed by atoms with E-state index in [0.29, 0.717) is 0 Å². The van der Waals surface area contributed by atoms with Crippen molar-refractivity contribution in [1.29, 1.82) is 0 Å². The van der Waals surface area contributed by atoms with E-state index in [1.165, 1.54) is 6.08 Å². The van der Waals surface area contributed by atoms with Gasteiger partial charge in [0.05, 0.1) is 0 Å². The van der Waals surface area contributed by atoms with E-state index < -0.39 is 13.0 Å². The first-order valence-corrected chi connectivity index (χ1v) is 5.82. The molecule has 4 nitrogen and oxygen atoms in total. The van der Waals surface area contributed by atoms with E-state index in [1.807, 2.05) is 0 Å². The van der Waals surface area contributed by atoms with Crippen molar-refractivity contribution in [2.75, 3.05) is 0 Å². The molecule has 0 aromatic rings. The standard InChI is InChI=1S/C3H5.4CO.Ru/c1-3-2;4*1-2;/h3H,1-2H2;;;;;/q-1;;;;;. The summed E-state index contributed by atoms with van der Waals surface area (Å²) in [5.41, 5.74) is 0. The Bertz CT molecular complexity index is 402. The summed E-state index contributed by atoms with van der Waals surface area (Å²) in [6.07, 6.45) is 1.50. The van der Waals surface area contributed by atoms with Crippen LogP contribution in [0.2, 0.25) is 0 Å². The molecule has 0 aliphatic carbocycles. The average molecular weight is 254 g/mol. The zero-order chi connectivity index (χ0) is 10.0. The molecule has 0 aliphatic rings. The maximum atomic E-state index is 9.68. The van der Waals surface area contributed by atoms with Crippen molar-refractivity contribution >= 4 is 17.9 Å². The first-order valence-electron chi connectivity index (χ1n) is 2.34. The summed E-state index contributed by atoms with van der Waals surface area (Å²) in [6.45, 7) is 6.50. The Hall–Kier alpha value is -1.45. The normalized spacial score (nSPS) is 7.00. The summed E-state index contributed by atoms with van der Waals surface area (Å²) in [6, 6.07) is 0. The number of hydrogen-bond donors (Lipinski definition) is 0. The maximum absolute atomic E-state index is 9.68. The second kappa shape index (κ2) is 7.66. The summed E-state index contributed by atoms with van der Waals surface area (Å²) in [7, 11) is 0. The van der Waals surface area contributed by atoms with Gasteiger partial charge >= 0.3 is 50.0 Å². The van der Waals surface area contributed by atoms with Gasteiger partial charge in [-0.2, -0.15) is 0 Å². The fourth-order valence-electron chi connectivity index (χ4n) is 0.0884. The third-order valence-corrected chi connectivity index (χ3v) is 2.56. The van der Waals surface area contributed by atoms with E-state index in [4.69, 9.17) is 0 Å². The minimum atomic E-state index is -4.22. The van der Waals surface area contributed by atoms with Crippen LogP contribution in [0, 0.1) is 6.92 Å². The summed E-state index contributed by atoms with van der Waals surface area (Å²) in [4.78, 5) is 38.7. The van der Waals surface area contributed by atoms with Gasteiger partial charge in [0.15, 0.2) is 0 Å². The van der Waals surface area contributed by atoms with Gasteiger partial charge in [-0.3, -0.25) is 0 Å². The van der Waals surface area contributed by atoms with Crippen molar-refractivity contribution in [1.82, 2.24) is 0 Å². The quantitative estimate of drug-likeness (QED) is 0.428. The van der Waals surface area contributed by atoms with Gasteiger partial charge in [0.2, 0.25) is 0 Å². The number of hydrogen-bond acceptors (Lipinski definition) is 4. The second-order valence-corrected chi connectivity index (χ2v) is 5.13. The van der Waals surface area contributed by atoms with Crippen molar-refractivity contribution in [3.8, 4) is 0 Å². The molecule has 0 aromatic carbocycles. The number of rotatable bonds is 0. The zero-order valence-corrected chi connectivity index (χ0v) is 7.72. The summed E-state index contributed by atoms with van der Waals surface area (Å²) < 4.78 is 4.06. The molecular weight excluding hydrogens is 249 g/mol. The fourth-order valence-corrected chi connectivity index (χ4v) is 0.523. The molecule has 0 radical (unpaired) electrons. The van der Waals surface area contributed by atoms with Gasteiger partial charge in [0.25, 0.3) is 0 Å². The van der Waals surface area contributed by atoms with Crippen LogP contribution in [0.3, 0.4) is 0 Å². The Morgan fingerprint density at radius 3 is 1.17 bits per heavy atom. The molecule has 0 atom stereocenters. The molecule has 0 N–H and O–H groups in total. The Morgan fingerprint density at radius 1 is 1.00 bits per heavy atom.